The molecule has 0 amide bonds. The first-order valence-electron chi connectivity index (χ1n) is 8.54. The molecule has 2 N–H and O–H groups in total. The maximum absolute atomic E-state index is 6.28. The van der Waals surface area contributed by atoms with Crippen LogP contribution >= 0.6 is 0 Å². The maximum atomic E-state index is 6.28. The first kappa shape index (κ1) is 16.3. The van der Waals surface area contributed by atoms with Crippen LogP contribution in [0.3, 0.4) is 0 Å². The summed E-state index contributed by atoms with van der Waals surface area (Å²) in [6.07, 6.45) is 2.52. The summed E-state index contributed by atoms with van der Waals surface area (Å²) in [5.41, 5.74) is 6.66. The second-order valence-electron chi connectivity index (χ2n) is 7.98. The van der Waals surface area contributed by atoms with Gasteiger partial charge in [0.05, 0.1) is 0 Å². The number of nitrogens with zero attached hydrogens (tertiary/aromatic N) is 2. The van der Waals surface area contributed by atoms with Gasteiger partial charge in [0.25, 0.3) is 0 Å². The number of hydrogen-bond donors (Lipinski definition) is 1. The second-order valence-corrected chi connectivity index (χ2v) is 7.98. The Morgan fingerprint density at radius 1 is 1.10 bits per heavy atom. The van der Waals surface area contributed by atoms with Crippen LogP contribution in [0, 0.1) is 17.3 Å². The van der Waals surface area contributed by atoms with Crippen molar-refractivity contribution in [1.29, 1.82) is 0 Å². The van der Waals surface area contributed by atoms with Crippen molar-refractivity contribution in [2.45, 2.75) is 59.5 Å². The highest BCUT2D eigenvalue weighted by molar-refractivity contribution is 4.94. The zero-order valence-corrected chi connectivity index (χ0v) is 14.2. The van der Waals surface area contributed by atoms with E-state index in [0.29, 0.717) is 23.4 Å². The fourth-order valence-electron chi connectivity index (χ4n) is 4.04. The van der Waals surface area contributed by atoms with Crippen LogP contribution in [0.4, 0.5) is 0 Å². The molecule has 0 spiro atoms. The fraction of sp³-hybridized carbons (Fsp3) is 1.00. The van der Waals surface area contributed by atoms with E-state index >= 15 is 0 Å². The summed E-state index contributed by atoms with van der Waals surface area (Å²) in [4.78, 5) is 5.29. The van der Waals surface area contributed by atoms with E-state index < -0.39 is 0 Å². The molecule has 20 heavy (non-hydrogen) atoms. The number of hydrogen-bond acceptors (Lipinski definition) is 3. The molecule has 1 aliphatic heterocycles. The van der Waals surface area contributed by atoms with E-state index in [0.717, 1.165) is 5.92 Å². The van der Waals surface area contributed by atoms with Gasteiger partial charge in [-0.2, -0.15) is 0 Å². The monoisotopic (exact) mass is 281 g/mol. The van der Waals surface area contributed by atoms with Crippen molar-refractivity contribution in [3.63, 3.8) is 0 Å². The standard InChI is InChI=1S/C17H35N3/c1-13(2)20-10-8-19(9-11-20)12-15-6-7-16(18)14(3)17(15,4)5/h13-16H,6-12,18H2,1-5H3. The van der Waals surface area contributed by atoms with E-state index in [1.807, 2.05) is 0 Å². The summed E-state index contributed by atoms with van der Waals surface area (Å²) < 4.78 is 0. The molecule has 1 aliphatic carbocycles. The van der Waals surface area contributed by atoms with Gasteiger partial charge in [0, 0.05) is 44.8 Å². The molecule has 0 radical (unpaired) electrons. The van der Waals surface area contributed by atoms with E-state index in [4.69, 9.17) is 5.73 Å². The Kier molecular flexibility index (Phi) is 5.14. The summed E-state index contributed by atoms with van der Waals surface area (Å²) in [7, 11) is 0. The van der Waals surface area contributed by atoms with Gasteiger partial charge in [-0.25, -0.2) is 0 Å². The Labute approximate surface area is 125 Å². The minimum absolute atomic E-state index is 0.382. The Hall–Kier alpha value is -0.120. The quantitative estimate of drug-likeness (QED) is 0.862. The van der Waals surface area contributed by atoms with Gasteiger partial charge < -0.3 is 10.6 Å². The summed E-state index contributed by atoms with van der Waals surface area (Å²) >= 11 is 0. The van der Waals surface area contributed by atoms with Crippen molar-refractivity contribution in [3.05, 3.63) is 0 Å². The van der Waals surface area contributed by atoms with Gasteiger partial charge >= 0.3 is 0 Å². The third-order valence-electron chi connectivity index (χ3n) is 6.33. The van der Waals surface area contributed by atoms with Gasteiger partial charge in [0.1, 0.15) is 0 Å². The van der Waals surface area contributed by atoms with Crippen LogP contribution in [-0.4, -0.2) is 54.6 Å². The normalized spacial score (nSPS) is 36.5. The molecule has 2 aliphatic rings. The average molecular weight is 281 g/mol. The number of rotatable bonds is 3. The molecule has 2 rings (SSSR count). The van der Waals surface area contributed by atoms with E-state index in [1.54, 1.807) is 0 Å². The minimum Gasteiger partial charge on any atom is -0.327 e. The highest BCUT2D eigenvalue weighted by Gasteiger charge is 2.42. The minimum atomic E-state index is 0.382. The molecular weight excluding hydrogens is 246 g/mol. The first-order chi connectivity index (χ1) is 9.32. The Bertz CT molecular complexity index is 305. The first-order valence-corrected chi connectivity index (χ1v) is 8.54. The topological polar surface area (TPSA) is 32.5 Å². The van der Waals surface area contributed by atoms with Gasteiger partial charge in [0.15, 0.2) is 0 Å². The predicted octanol–water partition coefficient (Wildman–Crippen LogP) is 2.41. The average Bonchev–Trinajstić information content (AvgIpc) is 2.40. The van der Waals surface area contributed by atoms with Crippen LogP contribution in [0.1, 0.15) is 47.5 Å². The van der Waals surface area contributed by atoms with E-state index in [9.17, 15) is 0 Å². The van der Waals surface area contributed by atoms with Crippen molar-refractivity contribution in [2.75, 3.05) is 32.7 Å². The van der Waals surface area contributed by atoms with Gasteiger partial charge in [-0.1, -0.05) is 20.8 Å². The van der Waals surface area contributed by atoms with Crippen molar-refractivity contribution < 1.29 is 0 Å². The zero-order valence-electron chi connectivity index (χ0n) is 14.2. The van der Waals surface area contributed by atoms with Gasteiger partial charge in [0.2, 0.25) is 0 Å². The summed E-state index contributed by atoms with van der Waals surface area (Å²) in [5, 5.41) is 0. The largest absolute Gasteiger partial charge is 0.327 e. The molecule has 0 aromatic rings. The Morgan fingerprint density at radius 2 is 1.70 bits per heavy atom. The smallest absolute Gasteiger partial charge is 0.0113 e. The van der Waals surface area contributed by atoms with Crippen LogP contribution < -0.4 is 5.73 Å². The van der Waals surface area contributed by atoms with Crippen molar-refractivity contribution in [2.24, 2.45) is 23.0 Å². The fourth-order valence-corrected chi connectivity index (χ4v) is 4.04. The summed E-state index contributed by atoms with van der Waals surface area (Å²) in [6.45, 7) is 18.1. The Balaban J connectivity index is 1.88. The molecule has 3 nitrogen and oxygen atoms in total. The third kappa shape index (κ3) is 3.37. The SMILES string of the molecule is CC(C)N1CCN(CC2CCC(N)C(C)C2(C)C)CC1. The molecule has 3 atom stereocenters. The molecule has 2 fully saturated rings. The molecule has 118 valence electrons. The lowest BCUT2D eigenvalue weighted by Crippen LogP contribution is -2.54. The van der Waals surface area contributed by atoms with Gasteiger partial charge in [-0.3, -0.25) is 4.90 Å². The molecule has 1 saturated heterocycles. The Morgan fingerprint density at radius 3 is 2.25 bits per heavy atom. The van der Waals surface area contributed by atoms with Gasteiger partial charge in [-0.15, -0.1) is 0 Å². The van der Waals surface area contributed by atoms with Crippen molar-refractivity contribution in [1.82, 2.24) is 9.80 Å². The summed E-state index contributed by atoms with van der Waals surface area (Å²) in [5.74, 6) is 1.45. The lowest BCUT2D eigenvalue weighted by Gasteiger charge is -2.49. The van der Waals surface area contributed by atoms with E-state index in [2.05, 4.69) is 44.4 Å². The molecule has 1 saturated carbocycles. The predicted molar refractivity (Wildman–Crippen MR) is 86.8 cm³/mol. The van der Waals surface area contributed by atoms with Crippen LogP contribution in [0.2, 0.25) is 0 Å². The molecule has 3 heteroatoms. The third-order valence-corrected chi connectivity index (χ3v) is 6.33. The highest BCUT2D eigenvalue weighted by atomic mass is 15.3. The van der Waals surface area contributed by atoms with Crippen LogP contribution in [0.15, 0.2) is 0 Å². The van der Waals surface area contributed by atoms with Crippen LogP contribution in [0.5, 0.6) is 0 Å². The van der Waals surface area contributed by atoms with Crippen molar-refractivity contribution >= 4 is 0 Å². The maximum Gasteiger partial charge on any atom is 0.0113 e. The lowest BCUT2D eigenvalue weighted by molar-refractivity contribution is 0.0131. The molecule has 0 aromatic carbocycles. The lowest BCUT2D eigenvalue weighted by atomic mass is 9.61. The molecule has 3 unspecified atom stereocenters. The summed E-state index contributed by atoms with van der Waals surface area (Å²) in [6, 6.07) is 1.10. The van der Waals surface area contributed by atoms with Gasteiger partial charge in [-0.05, 0) is 43.9 Å². The van der Waals surface area contributed by atoms with E-state index in [-0.39, 0.29) is 0 Å². The number of piperazine rings is 1. The van der Waals surface area contributed by atoms with E-state index in [1.165, 1.54) is 45.6 Å². The zero-order chi connectivity index (χ0) is 14.9. The highest BCUT2D eigenvalue weighted by Crippen LogP contribution is 2.44. The van der Waals surface area contributed by atoms with Crippen molar-refractivity contribution in [3.8, 4) is 0 Å². The van der Waals surface area contributed by atoms with Crippen LogP contribution in [-0.2, 0) is 0 Å². The molecular formula is C17H35N3. The van der Waals surface area contributed by atoms with Crippen LogP contribution in [0.25, 0.3) is 0 Å². The second kappa shape index (κ2) is 6.33. The molecule has 0 aromatic heterocycles. The molecule has 0 bridgehead atoms. The number of nitrogens with two attached hydrogens (primary N) is 1. The molecule has 1 heterocycles.